The van der Waals surface area contributed by atoms with Gasteiger partial charge in [-0.25, -0.2) is 28.2 Å². The number of hydrogen-bond acceptors (Lipinski definition) is 7. The Kier molecular flexibility index (Phi) is 5.87. The first-order valence-corrected chi connectivity index (χ1v) is 10.4. The van der Waals surface area contributed by atoms with Crippen molar-refractivity contribution in [2.24, 2.45) is 0 Å². The molecule has 12 heteroatoms. The van der Waals surface area contributed by atoms with Crippen LogP contribution in [-0.4, -0.2) is 41.1 Å². The molecule has 0 atom stereocenters. The van der Waals surface area contributed by atoms with Gasteiger partial charge in [0.2, 0.25) is 15.8 Å². The van der Waals surface area contributed by atoms with Crippen LogP contribution in [-0.2, 0) is 16.3 Å². The van der Waals surface area contributed by atoms with Crippen LogP contribution in [0.1, 0.15) is 5.01 Å². The molecule has 0 aromatic carbocycles. The number of pyridine rings is 2. The maximum Gasteiger partial charge on any atom is 0.404 e. The summed E-state index contributed by atoms with van der Waals surface area (Å²) in [5, 5.41) is 11.3. The van der Waals surface area contributed by atoms with E-state index >= 15 is 0 Å². The lowest BCUT2D eigenvalue weighted by atomic mass is 10.2. The van der Waals surface area contributed by atoms with Gasteiger partial charge in [0.25, 0.3) is 0 Å². The Balaban J connectivity index is 2.10. The molecule has 0 saturated carbocycles. The maximum absolute atomic E-state index is 14.2. The smallest absolute Gasteiger partial charge is 0.404 e. The summed E-state index contributed by atoms with van der Waals surface area (Å²) >= 11 is 6.55. The molecule has 3 rings (SSSR count). The van der Waals surface area contributed by atoms with Crippen molar-refractivity contribution in [1.82, 2.24) is 20.3 Å². The lowest BCUT2D eigenvalue weighted by molar-refractivity contribution is 0.194. The van der Waals surface area contributed by atoms with E-state index in [4.69, 9.17) is 16.7 Å². The van der Waals surface area contributed by atoms with Crippen LogP contribution in [0, 0.1) is 5.95 Å². The number of thiazole rings is 1. The van der Waals surface area contributed by atoms with Gasteiger partial charge in [0.05, 0.1) is 15.5 Å². The number of nitrogens with zero attached hydrogens (tertiary/aromatic N) is 3. The van der Waals surface area contributed by atoms with E-state index < -0.39 is 21.9 Å². The monoisotopic (exact) mass is 442 g/mol. The Morgan fingerprint density at radius 1 is 1.29 bits per heavy atom. The van der Waals surface area contributed by atoms with Gasteiger partial charge in [-0.2, -0.15) is 4.39 Å². The SMILES string of the molecule is O=C(O)NCCc1nc(-c2cccnc2F)c(S(=O)(=O)c2ccc(Cl)nc2)s1. The highest BCUT2D eigenvalue weighted by Gasteiger charge is 2.28. The highest BCUT2D eigenvalue weighted by Crippen LogP contribution is 2.36. The standard InChI is InChI=1S/C16H12ClFN4O4S2/c17-11-4-3-9(8-21-11)28(25,26)15-13(10-2-1-6-19-14(10)18)22-12(27-15)5-7-20-16(23)24/h1-4,6,8,20H,5,7H2,(H,23,24). The fourth-order valence-electron chi connectivity index (χ4n) is 2.28. The minimum atomic E-state index is -4.07. The number of halogens is 2. The van der Waals surface area contributed by atoms with Gasteiger partial charge in [-0.05, 0) is 24.3 Å². The van der Waals surface area contributed by atoms with Crippen LogP contribution in [0.15, 0.2) is 45.8 Å². The molecule has 0 fully saturated rings. The maximum atomic E-state index is 14.2. The molecule has 0 radical (unpaired) electrons. The Hall–Kier alpha value is -2.63. The third-order valence-corrected chi connectivity index (χ3v) is 7.11. The molecule has 3 aromatic rings. The Morgan fingerprint density at radius 2 is 2.07 bits per heavy atom. The van der Waals surface area contributed by atoms with Crippen LogP contribution < -0.4 is 5.32 Å². The third-order valence-electron chi connectivity index (χ3n) is 3.52. The van der Waals surface area contributed by atoms with E-state index in [1.807, 2.05) is 0 Å². The third kappa shape index (κ3) is 4.26. The van der Waals surface area contributed by atoms with E-state index in [0.29, 0.717) is 5.01 Å². The van der Waals surface area contributed by atoms with Gasteiger partial charge in [0.1, 0.15) is 10.8 Å². The normalized spacial score (nSPS) is 11.4. The molecule has 0 aliphatic heterocycles. The van der Waals surface area contributed by atoms with Gasteiger partial charge >= 0.3 is 6.09 Å². The topological polar surface area (TPSA) is 122 Å². The highest BCUT2D eigenvalue weighted by molar-refractivity contribution is 7.93. The van der Waals surface area contributed by atoms with Crippen molar-refractivity contribution in [3.63, 3.8) is 0 Å². The lowest BCUT2D eigenvalue weighted by Crippen LogP contribution is -2.23. The lowest BCUT2D eigenvalue weighted by Gasteiger charge is -2.05. The zero-order valence-corrected chi connectivity index (χ0v) is 16.4. The second-order valence-electron chi connectivity index (χ2n) is 5.39. The molecule has 146 valence electrons. The fraction of sp³-hybridized carbons (Fsp3) is 0.125. The van der Waals surface area contributed by atoms with Gasteiger partial charge in [-0.3, -0.25) is 0 Å². The quantitative estimate of drug-likeness (QED) is 0.562. The Labute approximate surface area is 168 Å². The summed E-state index contributed by atoms with van der Waals surface area (Å²) in [5.74, 6) is -0.867. The fourth-order valence-corrected chi connectivity index (χ4v) is 5.27. The van der Waals surface area contributed by atoms with Gasteiger partial charge in [0.15, 0.2) is 4.21 Å². The molecule has 3 aromatic heterocycles. The molecule has 0 saturated heterocycles. The van der Waals surface area contributed by atoms with Crippen molar-refractivity contribution >= 4 is 38.9 Å². The molecule has 1 amide bonds. The molecule has 0 bridgehead atoms. The minimum absolute atomic E-state index is 0.0276. The van der Waals surface area contributed by atoms with Crippen molar-refractivity contribution in [2.45, 2.75) is 15.5 Å². The molecule has 0 aliphatic rings. The average molecular weight is 443 g/mol. The van der Waals surface area contributed by atoms with Gasteiger partial charge in [-0.15, -0.1) is 11.3 Å². The highest BCUT2D eigenvalue weighted by atomic mass is 35.5. The zero-order valence-electron chi connectivity index (χ0n) is 14.0. The summed E-state index contributed by atoms with van der Waals surface area (Å²) in [6.45, 7) is 0.0276. The first-order chi connectivity index (χ1) is 13.3. The largest absolute Gasteiger partial charge is 0.465 e. The predicted octanol–water partition coefficient (Wildman–Crippen LogP) is 3.04. The summed E-state index contributed by atoms with van der Waals surface area (Å²) in [4.78, 5) is 22.0. The van der Waals surface area contributed by atoms with Crippen molar-refractivity contribution in [3.05, 3.63) is 52.8 Å². The van der Waals surface area contributed by atoms with Gasteiger partial charge < -0.3 is 10.4 Å². The Morgan fingerprint density at radius 3 is 2.71 bits per heavy atom. The van der Waals surface area contributed by atoms with Crippen molar-refractivity contribution < 1.29 is 22.7 Å². The van der Waals surface area contributed by atoms with Crippen molar-refractivity contribution in [1.29, 1.82) is 0 Å². The summed E-state index contributed by atoms with van der Waals surface area (Å²) in [5.41, 5.74) is -0.160. The van der Waals surface area contributed by atoms with Gasteiger partial charge in [-0.1, -0.05) is 11.6 Å². The van der Waals surface area contributed by atoms with E-state index in [-0.39, 0.29) is 38.5 Å². The average Bonchev–Trinajstić information content (AvgIpc) is 3.07. The summed E-state index contributed by atoms with van der Waals surface area (Å²) in [6, 6.07) is 5.45. The molecule has 28 heavy (non-hydrogen) atoms. The first-order valence-electron chi connectivity index (χ1n) is 7.73. The molecule has 0 aliphatic carbocycles. The van der Waals surface area contributed by atoms with Crippen LogP contribution in [0.2, 0.25) is 5.15 Å². The molecular weight excluding hydrogens is 431 g/mol. The number of carbonyl (C=O) groups is 1. The number of sulfone groups is 1. The zero-order chi connectivity index (χ0) is 20.3. The minimum Gasteiger partial charge on any atom is -0.465 e. The van der Waals surface area contributed by atoms with Crippen molar-refractivity contribution in [3.8, 4) is 11.3 Å². The molecule has 3 heterocycles. The molecule has 0 spiro atoms. The van der Waals surface area contributed by atoms with Crippen molar-refractivity contribution in [2.75, 3.05) is 6.54 Å². The second kappa shape index (κ2) is 8.17. The van der Waals surface area contributed by atoms with Crippen LogP contribution in [0.4, 0.5) is 9.18 Å². The Bertz CT molecular complexity index is 1120. The first kappa shape index (κ1) is 20.1. The molecule has 0 unspecified atom stereocenters. The number of hydrogen-bond donors (Lipinski definition) is 2. The van der Waals surface area contributed by atoms with E-state index in [1.165, 1.54) is 30.5 Å². The predicted molar refractivity (Wildman–Crippen MR) is 99.7 cm³/mol. The molecule has 8 nitrogen and oxygen atoms in total. The molecular formula is C16H12ClFN4O4S2. The number of amides is 1. The van der Waals surface area contributed by atoms with E-state index in [0.717, 1.165) is 17.5 Å². The second-order valence-corrected chi connectivity index (χ2v) is 9.00. The number of carboxylic acid groups (broad SMARTS) is 1. The van der Waals surface area contributed by atoms with E-state index in [9.17, 15) is 17.6 Å². The van der Waals surface area contributed by atoms with Crippen LogP contribution in [0.3, 0.4) is 0 Å². The number of rotatable bonds is 6. The number of aromatic nitrogens is 3. The molecule has 2 N–H and O–H groups in total. The van der Waals surface area contributed by atoms with E-state index in [2.05, 4.69) is 20.3 Å². The van der Waals surface area contributed by atoms with Crippen LogP contribution >= 0.6 is 22.9 Å². The van der Waals surface area contributed by atoms with Crippen LogP contribution in [0.25, 0.3) is 11.3 Å². The summed E-state index contributed by atoms with van der Waals surface area (Å²) < 4.78 is 40.2. The number of nitrogens with one attached hydrogen (secondary N) is 1. The van der Waals surface area contributed by atoms with Crippen LogP contribution in [0.5, 0.6) is 0 Å². The summed E-state index contributed by atoms with van der Waals surface area (Å²) in [6.07, 6.45) is 1.27. The van der Waals surface area contributed by atoms with E-state index in [1.54, 1.807) is 0 Å². The van der Waals surface area contributed by atoms with Gasteiger partial charge in [0, 0.05) is 25.4 Å². The summed E-state index contributed by atoms with van der Waals surface area (Å²) in [7, 11) is -4.07.